The maximum atomic E-state index is 12.3. The number of hydrogen-bond donors (Lipinski definition) is 2. The van der Waals surface area contributed by atoms with Gasteiger partial charge < -0.3 is 9.84 Å². The van der Waals surface area contributed by atoms with Crippen molar-refractivity contribution >= 4 is 44.5 Å². The summed E-state index contributed by atoms with van der Waals surface area (Å²) in [7, 11) is 0. The standard InChI is InChI=1S/C20H16BrN3O5/c1-12(29-18-8-4-6-13-5-2-3-7-16(13)18)20(26)23-22-11-14-9-15(24(27)28)10-17(21)19(14)25/h2-12,25H,1H3,(H,23,26)/b22-11-/t12-/m0/s1. The van der Waals surface area contributed by atoms with Gasteiger partial charge >= 0.3 is 0 Å². The summed E-state index contributed by atoms with van der Waals surface area (Å²) in [5.74, 6) is -0.179. The lowest BCUT2D eigenvalue weighted by molar-refractivity contribution is -0.385. The van der Waals surface area contributed by atoms with Crippen LogP contribution in [0.2, 0.25) is 0 Å². The fourth-order valence-electron chi connectivity index (χ4n) is 2.61. The van der Waals surface area contributed by atoms with Crippen molar-refractivity contribution in [2.75, 3.05) is 0 Å². The first-order valence-corrected chi connectivity index (χ1v) is 9.30. The normalized spacial score (nSPS) is 12.1. The fourth-order valence-corrected chi connectivity index (χ4v) is 3.07. The molecule has 148 valence electrons. The summed E-state index contributed by atoms with van der Waals surface area (Å²) in [6.07, 6.45) is 0.277. The Morgan fingerprint density at radius 2 is 2.00 bits per heavy atom. The Kier molecular flexibility index (Phi) is 6.08. The molecule has 1 atom stereocenters. The predicted molar refractivity (Wildman–Crippen MR) is 112 cm³/mol. The number of carbonyl (C=O) groups is 1. The molecule has 0 bridgehead atoms. The smallest absolute Gasteiger partial charge is 0.280 e. The van der Waals surface area contributed by atoms with Gasteiger partial charge in [-0.3, -0.25) is 14.9 Å². The first-order chi connectivity index (χ1) is 13.9. The number of nitrogens with zero attached hydrogens (tertiary/aromatic N) is 2. The Bertz CT molecular complexity index is 1110. The Balaban J connectivity index is 1.70. The zero-order valence-corrected chi connectivity index (χ0v) is 16.8. The maximum absolute atomic E-state index is 12.3. The number of carbonyl (C=O) groups excluding carboxylic acids is 1. The number of nitro groups is 1. The quantitative estimate of drug-likeness (QED) is 0.328. The number of benzene rings is 3. The van der Waals surface area contributed by atoms with Gasteiger partial charge in [-0.15, -0.1) is 0 Å². The number of rotatable bonds is 6. The lowest BCUT2D eigenvalue weighted by Gasteiger charge is -2.14. The van der Waals surface area contributed by atoms with Gasteiger partial charge in [0.15, 0.2) is 6.10 Å². The van der Waals surface area contributed by atoms with E-state index in [0.29, 0.717) is 5.75 Å². The number of phenolic OH excluding ortho intramolecular Hbond substituents is 1. The second kappa shape index (κ2) is 8.70. The third-order valence-electron chi connectivity index (χ3n) is 4.09. The van der Waals surface area contributed by atoms with Crippen molar-refractivity contribution in [3.63, 3.8) is 0 Å². The molecule has 0 aliphatic heterocycles. The average molecular weight is 458 g/mol. The highest BCUT2D eigenvalue weighted by atomic mass is 79.9. The topological polar surface area (TPSA) is 114 Å². The lowest BCUT2D eigenvalue weighted by atomic mass is 10.1. The first kappa shape index (κ1) is 20.3. The lowest BCUT2D eigenvalue weighted by Crippen LogP contribution is -2.33. The van der Waals surface area contributed by atoms with Crippen molar-refractivity contribution in [1.82, 2.24) is 5.43 Å². The van der Waals surface area contributed by atoms with Gasteiger partial charge in [0, 0.05) is 23.1 Å². The van der Waals surface area contributed by atoms with E-state index < -0.39 is 16.9 Å². The molecule has 9 heteroatoms. The average Bonchev–Trinajstić information content (AvgIpc) is 2.71. The Hall–Kier alpha value is -3.46. The number of halogens is 1. The molecular weight excluding hydrogens is 442 g/mol. The third kappa shape index (κ3) is 4.69. The minimum atomic E-state index is -0.844. The van der Waals surface area contributed by atoms with E-state index in [4.69, 9.17) is 4.74 Å². The van der Waals surface area contributed by atoms with E-state index in [1.54, 1.807) is 13.0 Å². The summed E-state index contributed by atoms with van der Waals surface area (Å²) < 4.78 is 5.90. The zero-order chi connectivity index (χ0) is 21.0. The van der Waals surface area contributed by atoms with E-state index in [2.05, 4.69) is 26.5 Å². The first-order valence-electron chi connectivity index (χ1n) is 8.51. The molecule has 3 rings (SSSR count). The van der Waals surface area contributed by atoms with Crippen LogP contribution in [-0.2, 0) is 4.79 Å². The summed E-state index contributed by atoms with van der Waals surface area (Å²) in [5, 5.41) is 26.5. The molecule has 0 aliphatic carbocycles. The maximum Gasteiger partial charge on any atom is 0.280 e. The second-order valence-electron chi connectivity index (χ2n) is 6.09. The number of fused-ring (bicyclic) bond motifs is 1. The highest BCUT2D eigenvalue weighted by molar-refractivity contribution is 9.10. The Morgan fingerprint density at radius 1 is 1.28 bits per heavy atom. The predicted octanol–water partition coefficient (Wildman–Crippen LogP) is 4.13. The van der Waals surface area contributed by atoms with Gasteiger partial charge in [-0.2, -0.15) is 5.10 Å². The van der Waals surface area contributed by atoms with Gasteiger partial charge in [-0.1, -0.05) is 36.4 Å². The van der Waals surface area contributed by atoms with E-state index in [-0.39, 0.29) is 21.5 Å². The molecule has 29 heavy (non-hydrogen) atoms. The summed E-state index contributed by atoms with van der Waals surface area (Å²) in [4.78, 5) is 22.6. The number of hydrazone groups is 1. The molecule has 0 fully saturated rings. The summed E-state index contributed by atoms with van der Waals surface area (Å²) in [6.45, 7) is 1.58. The van der Waals surface area contributed by atoms with E-state index in [0.717, 1.165) is 23.1 Å². The molecule has 0 aromatic heterocycles. The van der Waals surface area contributed by atoms with E-state index in [1.165, 1.54) is 6.07 Å². The van der Waals surface area contributed by atoms with Crippen molar-refractivity contribution in [3.05, 3.63) is 74.7 Å². The van der Waals surface area contributed by atoms with Gasteiger partial charge in [0.05, 0.1) is 15.6 Å². The van der Waals surface area contributed by atoms with Crippen molar-refractivity contribution in [2.45, 2.75) is 13.0 Å². The number of hydrogen-bond acceptors (Lipinski definition) is 6. The SMILES string of the molecule is C[C@H](Oc1cccc2ccccc12)C(=O)N/N=C\c1cc([N+](=O)[O-])cc(Br)c1O. The minimum Gasteiger partial charge on any atom is -0.506 e. The molecule has 3 aromatic carbocycles. The molecule has 0 unspecified atom stereocenters. The zero-order valence-electron chi connectivity index (χ0n) is 15.2. The van der Waals surface area contributed by atoms with Crippen LogP contribution in [0.1, 0.15) is 12.5 Å². The molecule has 0 saturated carbocycles. The summed E-state index contributed by atoms with van der Waals surface area (Å²) in [6, 6.07) is 15.5. The van der Waals surface area contributed by atoms with Gasteiger partial charge in [-0.25, -0.2) is 5.43 Å². The highest BCUT2D eigenvalue weighted by Crippen LogP contribution is 2.31. The van der Waals surface area contributed by atoms with Gasteiger partial charge in [0.2, 0.25) is 0 Å². The number of ether oxygens (including phenoxy) is 1. The molecule has 3 aromatic rings. The number of aromatic hydroxyl groups is 1. The van der Waals surface area contributed by atoms with Crippen LogP contribution in [0, 0.1) is 10.1 Å². The largest absolute Gasteiger partial charge is 0.506 e. The van der Waals surface area contributed by atoms with Crippen LogP contribution < -0.4 is 10.2 Å². The van der Waals surface area contributed by atoms with Gasteiger partial charge in [0.1, 0.15) is 11.5 Å². The molecule has 8 nitrogen and oxygen atoms in total. The van der Waals surface area contributed by atoms with Crippen LogP contribution in [0.5, 0.6) is 11.5 Å². The van der Waals surface area contributed by atoms with Crippen molar-refractivity contribution in [1.29, 1.82) is 0 Å². The highest BCUT2D eigenvalue weighted by Gasteiger charge is 2.16. The van der Waals surface area contributed by atoms with Crippen LogP contribution in [0.4, 0.5) is 5.69 Å². The number of phenols is 1. The van der Waals surface area contributed by atoms with Gasteiger partial charge in [-0.05, 0) is 34.3 Å². The number of nitrogens with one attached hydrogen (secondary N) is 1. The van der Waals surface area contributed by atoms with E-state index >= 15 is 0 Å². The fraction of sp³-hybridized carbons (Fsp3) is 0.100. The Morgan fingerprint density at radius 3 is 2.76 bits per heavy atom. The van der Waals surface area contributed by atoms with Crippen molar-refractivity contribution < 1.29 is 19.6 Å². The van der Waals surface area contributed by atoms with Crippen molar-refractivity contribution in [2.24, 2.45) is 5.10 Å². The molecule has 0 radical (unpaired) electrons. The number of non-ortho nitro benzene ring substituents is 1. The van der Waals surface area contributed by atoms with E-state index in [9.17, 15) is 20.0 Å². The molecule has 0 spiro atoms. The van der Waals surface area contributed by atoms with Crippen LogP contribution in [0.25, 0.3) is 10.8 Å². The number of amides is 1. The van der Waals surface area contributed by atoms with Crippen LogP contribution in [-0.4, -0.2) is 28.3 Å². The molecule has 0 saturated heterocycles. The molecule has 2 N–H and O–H groups in total. The molecular formula is C20H16BrN3O5. The molecule has 0 aliphatic rings. The van der Waals surface area contributed by atoms with Crippen LogP contribution in [0.3, 0.4) is 0 Å². The van der Waals surface area contributed by atoms with Crippen molar-refractivity contribution in [3.8, 4) is 11.5 Å². The molecule has 0 heterocycles. The van der Waals surface area contributed by atoms with Crippen LogP contribution in [0.15, 0.2) is 64.2 Å². The monoisotopic (exact) mass is 457 g/mol. The van der Waals surface area contributed by atoms with E-state index in [1.807, 2.05) is 36.4 Å². The van der Waals surface area contributed by atoms with Gasteiger partial charge in [0.25, 0.3) is 11.6 Å². The summed E-state index contributed by atoms with van der Waals surface area (Å²) >= 11 is 3.04. The second-order valence-corrected chi connectivity index (χ2v) is 6.95. The molecule has 1 amide bonds. The van der Waals surface area contributed by atoms with Crippen LogP contribution >= 0.6 is 15.9 Å². The third-order valence-corrected chi connectivity index (χ3v) is 4.69. The summed E-state index contributed by atoms with van der Waals surface area (Å²) in [5.41, 5.74) is 2.15. The minimum absolute atomic E-state index is 0.0778. The Labute approximate surface area is 174 Å². The number of nitro benzene ring substituents is 1.